The van der Waals surface area contributed by atoms with Gasteiger partial charge in [-0.2, -0.15) is 0 Å². The highest BCUT2D eigenvalue weighted by Gasteiger charge is 1.86. The third-order valence-electron chi connectivity index (χ3n) is 0.762. The Kier molecular flexibility index (Phi) is 3.20. The summed E-state index contributed by atoms with van der Waals surface area (Å²) in [6.45, 7) is 8.52. The summed E-state index contributed by atoms with van der Waals surface area (Å²) >= 11 is 5.54. The Morgan fingerprint density at radius 2 is 2.25 bits per heavy atom. The van der Waals surface area contributed by atoms with Crippen molar-refractivity contribution < 1.29 is 0 Å². The van der Waals surface area contributed by atoms with Crippen LogP contribution in [-0.2, 0) is 0 Å². The summed E-state index contributed by atoms with van der Waals surface area (Å²) in [5, 5.41) is 0.556. The molecule has 0 unspecified atom stereocenters. The minimum atomic E-state index is 0.556. The highest BCUT2D eigenvalue weighted by Crippen LogP contribution is 2.09. The summed E-state index contributed by atoms with van der Waals surface area (Å²) in [6, 6.07) is 0. The zero-order chi connectivity index (χ0) is 6.57. The first-order valence-corrected chi connectivity index (χ1v) is 2.55. The van der Waals surface area contributed by atoms with Gasteiger partial charge in [-0.15, -0.1) is 0 Å². The summed E-state index contributed by atoms with van der Waals surface area (Å²) in [4.78, 5) is 3.59. The maximum absolute atomic E-state index is 5.54. The van der Waals surface area contributed by atoms with E-state index in [0.29, 0.717) is 10.7 Å². The van der Waals surface area contributed by atoms with E-state index in [1.807, 2.05) is 0 Å². The zero-order valence-corrected chi connectivity index (χ0v) is 5.57. The van der Waals surface area contributed by atoms with E-state index in [9.17, 15) is 0 Å². The van der Waals surface area contributed by atoms with E-state index in [4.69, 9.17) is 11.6 Å². The van der Waals surface area contributed by atoms with E-state index in [1.165, 1.54) is 6.08 Å². The van der Waals surface area contributed by atoms with Gasteiger partial charge >= 0.3 is 0 Å². The van der Waals surface area contributed by atoms with E-state index < -0.39 is 0 Å². The molecule has 8 heavy (non-hydrogen) atoms. The summed E-state index contributed by atoms with van der Waals surface area (Å²) in [7, 11) is 0. The molecule has 0 aromatic carbocycles. The molecule has 0 atom stereocenters. The van der Waals surface area contributed by atoms with E-state index in [2.05, 4.69) is 18.3 Å². The summed E-state index contributed by atoms with van der Waals surface area (Å²) in [6.07, 6.45) is 1.53. The zero-order valence-electron chi connectivity index (χ0n) is 4.82. The summed E-state index contributed by atoms with van der Waals surface area (Å²) in [5.41, 5.74) is 0.710. The van der Waals surface area contributed by atoms with Crippen LogP contribution in [0, 0.1) is 0 Å². The monoisotopic (exact) mass is 129 g/mol. The molecule has 0 radical (unpaired) electrons. The molecule has 0 rings (SSSR count). The molecule has 0 amide bonds. The van der Waals surface area contributed by atoms with Gasteiger partial charge in [0, 0.05) is 0 Å². The number of hydrogen-bond acceptors (Lipinski definition) is 1. The average Bonchev–Trinajstić information content (AvgIpc) is 1.84. The Hall–Kier alpha value is -0.560. The van der Waals surface area contributed by atoms with Gasteiger partial charge in [-0.3, -0.25) is 4.99 Å². The molecule has 0 aromatic rings. The third-order valence-corrected chi connectivity index (χ3v) is 1.19. The fourth-order valence-corrected chi connectivity index (χ4v) is 0.283. The Labute approximate surface area is 54.4 Å². The van der Waals surface area contributed by atoms with Gasteiger partial charge < -0.3 is 0 Å². The van der Waals surface area contributed by atoms with Gasteiger partial charge in [0.2, 0.25) is 0 Å². The molecule has 0 aliphatic heterocycles. The average molecular weight is 130 g/mol. The molecular formula is C6H8ClN. The van der Waals surface area contributed by atoms with Gasteiger partial charge in [-0.25, -0.2) is 0 Å². The lowest BCUT2D eigenvalue weighted by Gasteiger charge is -1.89. The van der Waals surface area contributed by atoms with Gasteiger partial charge in [0.1, 0.15) is 0 Å². The lowest BCUT2D eigenvalue weighted by Crippen LogP contribution is -1.69. The molecule has 0 aliphatic rings. The van der Waals surface area contributed by atoms with Crippen LogP contribution in [0.15, 0.2) is 28.4 Å². The minimum absolute atomic E-state index is 0.556. The van der Waals surface area contributed by atoms with Crippen molar-refractivity contribution >= 4 is 18.3 Å². The predicted molar refractivity (Wildman–Crippen MR) is 38.3 cm³/mol. The van der Waals surface area contributed by atoms with Crippen LogP contribution in [-0.4, -0.2) is 6.72 Å². The molecule has 0 saturated heterocycles. The predicted octanol–water partition coefficient (Wildman–Crippen LogP) is 2.34. The molecule has 0 heterocycles. The van der Waals surface area contributed by atoms with Gasteiger partial charge in [0.25, 0.3) is 0 Å². The van der Waals surface area contributed by atoms with Gasteiger partial charge in [0.15, 0.2) is 0 Å². The van der Waals surface area contributed by atoms with Crippen LogP contribution in [0.4, 0.5) is 0 Å². The van der Waals surface area contributed by atoms with Crippen molar-refractivity contribution in [2.45, 2.75) is 6.92 Å². The lowest BCUT2D eigenvalue weighted by molar-refractivity contribution is 1.31. The van der Waals surface area contributed by atoms with Crippen LogP contribution in [0.2, 0.25) is 0 Å². The topological polar surface area (TPSA) is 12.4 Å². The lowest BCUT2D eigenvalue weighted by atomic mass is 10.4. The van der Waals surface area contributed by atoms with E-state index >= 15 is 0 Å². The molecule has 0 saturated carbocycles. The minimum Gasteiger partial charge on any atom is -0.268 e. The number of hydrogen-bond donors (Lipinski definition) is 0. The number of aliphatic imine (C=N–C) groups is 1. The van der Waals surface area contributed by atoms with E-state index in [0.717, 1.165) is 0 Å². The summed E-state index contributed by atoms with van der Waals surface area (Å²) in [5.74, 6) is 0. The number of allylic oxidation sites excluding steroid dienone is 3. The fraction of sp³-hybridized carbons (Fsp3) is 0.167. The van der Waals surface area contributed by atoms with Crippen molar-refractivity contribution in [2.75, 3.05) is 0 Å². The third kappa shape index (κ3) is 1.94. The maximum Gasteiger partial charge on any atom is 0.0611 e. The molecule has 0 fully saturated rings. The van der Waals surface area contributed by atoms with Crippen LogP contribution in [0.25, 0.3) is 0 Å². The fourth-order valence-electron chi connectivity index (χ4n) is 0.223. The normalized spacial score (nSPS) is 12.2. The molecule has 0 aromatic heterocycles. The Balaban J connectivity index is 4.25. The first-order chi connectivity index (χ1) is 3.72. The SMILES string of the molecule is C=C/C(Cl)=C(/C)N=C. The van der Waals surface area contributed by atoms with Crippen LogP contribution in [0.3, 0.4) is 0 Å². The highest BCUT2D eigenvalue weighted by molar-refractivity contribution is 6.31. The summed E-state index contributed by atoms with van der Waals surface area (Å²) < 4.78 is 0. The van der Waals surface area contributed by atoms with Crippen LogP contribution < -0.4 is 0 Å². The quantitative estimate of drug-likeness (QED) is 0.401. The van der Waals surface area contributed by atoms with Crippen molar-refractivity contribution in [3.8, 4) is 0 Å². The Morgan fingerprint density at radius 3 is 2.38 bits per heavy atom. The van der Waals surface area contributed by atoms with Crippen molar-refractivity contribution in [2.24, 2.45) is 4.99 Å². The van der Waals surface area contributed by atoms with Crippen LogP contribution in [0.5, 0.6) is 0 Å². The Bertz CT molecular complexity index is 119. The van der Waals surface area contributed by atoms with Crippen molar-refractivity contribution in [1.82, 2.24) is 0 Å². The van der Waals surface area contributed by atoms with Crippen molar-refractivity contribution in [3.05, 3.63) is 23.4 Å². The van der Waals surface area contributed by atoms with Crippen LogP contribution >= 0.6 is 11.6 Å². The molecule has 0 N–H and O–H groups in total. The maximum atomic E-state index is 5.54. The first kappa shape index (κ1) is 7.44. The second kappa shape index (κ2) is 3.44. The molecule has 0 spiro atoms. The molecule has 0 aliphatic carbocycles. The van der Waals surface area contributed by atoms with Gasteiger partial charge in [0.05, 0.1) is 10.7 Å². The number of rotatable bonds is 2. The second-order valence-corrected chi connectivity index (χ2v) is 1.70. The molecule has 44 valence electrons. The van der Waals surface area contributed by atoms with Gasteiger partial charge in [-0.1, -0.05) is 18.2 Å². The van der Waals surface area contributed by atoms with E-state index in [1.54, 1.807) is 6.92 Å². The van der Waals surface area contributed by atoms with E-state index in [-0.39, 0.29) is 0 Å². The molecule has 0 bridgehead atoms. The molecule has 2 heteroatoms. The van der Waals surface area contributed by atoms with Crippen LogP contribution in [0.1, 0.15) is 6.92 Å². The molecule has 1 nitrogen and oxygen atoms in total. The largest absolute Gasteiger partial charge is 0.268 e. The highest BCUT2D eigenvalue weighted by atomic mass is 35.5. The van der Waals surface area contributed by atoms with Crippen molar-refractivity contribution in [3.63, 3.8) is 0 Å². The Morgan fingerprint density at radius 1 is 1.75 bits per heavy atom. The first-order valence-electron chi connectivity index (χ1n) is 2.18. The second-order valence-electron chi connectivity index (χ2n) is 1.30. The number of nitrogens with zero attached hydrogens (tertiary/aromatic N) is 1. The number of halogens is 1. The standard InChI is InChI=1S/C6H8ClN/c1-4-6(7)5(2)8-3/h4H,1,3H2,2H3/b6-5+. The van der Waals surface area contributed by atoms with Crippen molar-refractivity contribution in [1.29, 1.82) is 0 Å². The smallest absolute Gasteiger partial charge is 0.0611 e. The molecular weight excluding hydrogens is 122 g/mol. The van der Waals surface area contributed by atoms with Gasteiger partial charge in [-0.05, 0) is 19.7 Å².